The van der Waals surface area contributed by atoms with Crippen molar-refractivity contribution in [3.63, 3.8) is 0 Å². The molecule has 7 heteroatoms. The predicted octanol–water partition coefficient (Wildman–Crippen LogP) is 4.19. The van der Waals surface area contributed by atoms with Crippen molar-refractivity contribution in [3.05, 3.63) is 64.9 Å². The second kappa shape index (κ2) is 9.74. The maximum Gasteiger partial charge on any atom is 0.261 e. The van der Waals surface area contributed by atoms with Crippen molar-refractivity contribution in [2.75, 3.05) is 6.61 Å². The molecule has 2 aromatic rings. The zero-order valence-corrected chi connectivity index (χ0v) is 17.8. The highest BCUT2D eigenvalue weighted by atomic mass is 35.5. The van der Waals surface area contributed by atoms with Crippen LogP contribution in [0.5, 0.6) is 5.75 Å². The monoisotopic (exact) mass is 420 g/mol. The molecule has 156 valence electrons. The Labute approximate surface area is 175 Å². The Balaban J connectivity index is 2.20. The summed E-state index contributed by atoms with van der Waals surface area (Å²) in [5.41, 5.74) is -0.152. The standard InChI is InChI=1S/C22H26ClFN2O3/c1-15(21(28)25-22(2,3)4)26(13-16-9-5-7-11-18(16)24)20(27)14-29-19-12-8-6-10-17(19)23/h5-12,15H,13-14H2,1-4H3,(H,25,28)/t15-/m1/s1. The third-order valence-electron chi connectivity index (χ3n) is 4.15. The SMILES string of the molecule is C[C@H](C(=O)NC(C)(C)C)N(Cc1ccccc1F)C(=O)COc1ccccc1Cl. The van der Waals surface area contributed by atoms with Gasteiger partial charge in [0.25, 0.3) is 5.91 Å². The normalized spacial score (nSPS) is 12.2. The zero-order chi connectivity index (χ0) is 21.6. The lowest BCUT2D eigenvalue weighted by molar-refractivity contribution is -0.142. The van der Waals surface area contributed by atoms with E-state index in [4.69, 9.17) is 16.3 Å². The highest BCUT2D eigenvalue weighted by Gasteiger charge is 2.29. The second-order valence-electron chi connectivity index (χ2n) is 7.75. The lowest BCUT2D eigenvalue weighted by Crippen LogP contribution is -2.53. The summed E-state index contributed by atoms with van der Waals surface area (Å²) in [5.74, 6) is -0.870. The number of nitrogens with zero attached hydrogens (tertiary/aromatic N) is 1. The molecule has 0 bridgehead atoms. The van der Waals surface area contributed by atoms with Crippen molar-refractivity contribution in [1.29, 1.82) is 0 Å². The molecule has 0 saturated heterocycles. The van der Waals surface area contributed by atoms with E-state index in [0.717, 1.165) is 0 Å². The van der Waals surface area contributed by atoms with E-state index in [-0.39, 0.29) is 19.1 Å². The first-order valence-corrected chi connectivity index (χ1v) is 9.68. The first-order valence-electron chi connectivity index (χ1n) is 9.30. The molecule has 0 saturated carbocycles. The van der Waals surface area contributed by atoms with Crippen molar-refractivity contribution >= 4 is 23.4 Å². The number of carbonyl (C=O) groups is 2. The van der Waals surface area contributed by atoms with Gasteiger partial charge in [-0.25, -0.2) is 4.39 Å². The molecule has 2 aromatic carbocycles. The first kappa shape index (κ1) is 22.7. The van der Waals surface area contributed by atoms with E-state index in [1.54, 1.807) is 49.4 Å². The number of halogens is 2. The molecule has 29 heavy (non-hydrogen) atoms. The maximum atomic E-state index is 14.2. The molecule has 0 radical (unpaired) electrons. The van der Waals surface area contributed by atoms with E-state index in [1.165, 1.54) is 11.0 Å². The van der Waals surface area contributed by atoms with Gasteiger partial charge in [-0.05, 0) is 45.9 Å². The van der Waals surface area contributed by atoms with E-state index >= 15 is 0 Å². The largest absolute Gasteiger partial charge is 0.482 e. The topological polar surface area (TPSA) is 58.6 Å². The van der Waals surface area contributed by atoms with E-state index in [0.29, 0.717) is 16.3 Å². The number of ether oxygens (including phenoxy) is 1. The number of carbonyl (C=O) groups excluding carboxylic acids is 2. The summed E-state index contributed by atoms with van der Waals surface area (Å²) >= 11 is 6.06. The summed E-state index contributed by atoms with van der Waals surface area (Å²) in [7, 11) is 0. The van der Waals surface area contributed by atoms with Crippen LogP contribution in [0.3, 0.4) is 0 Å². The van der Waals surface area contributed by atoms with Gasteiger partial charge >= 0.3 is 0 Å². The van der Waals surface area contributed by atoms with Gasteiger partial charge in [0.05, 0.1) is 5.02 Å². The predicted molar refractivity (Wildman–Crippen MR) is 111 cm³/mol. The van der Waals surface area contributed by atoms with Crippen LogP contribution in [-0.2, 0) is 16.1 Å². The number of hydrogen-bond acceptors (Lipinski definition) is 3. The fourth-order valence-corrected chi connectivity index (χ4v) is 2.84. The lowest BCUT2D eigenvalue weighted by Gasteiger charge is -2.31. The summed E-state index contributed by atoms with van der Waals surface area (Å²) in [6.45, 7) is 6.76. The molecular weight excluding hydrogens is 395 g/mol. The van der Waals surface area contributed by atoms with Crippen molar-refractivity contribution in [2.24, 2.45) is 0 Å². The van der Waals surface area contributed by atoms with Gasteiger partial charge in [0.15, 0.2) is 6.61 Å². The summed E-state index contributed by atoms with van der Waals surface area (Å²) in [6.07, 6.45) is 0. The molecule has 0 spiro atoms. The maximum absolute atomic E-state index is 14.2. The summed E-state index contributed by atoms with van der Waals surface area (Å²) in [4.78, 5) is 26.9. The van der Waals surface area contributed by atoms with Crippen molar-refractivity contribution in [2.45, 2.75) is 45.8 Å². The number of rotatable bonds is 7. The van der Waals surface area contributed by atoms with Gasteiger partial charge in [-0.1, -0.05) is 41.9 Å². The molecular formula is C22H26ClFN2O3. The van der Waals surface area contributed by atoms with Crippen LogP contribution < -0.4 is 10.1 Å². The quantitative estimate of drug-likeness (QED) is 0.730. The molecule has 0 aromatic heterocycles. The Morgan fingerprint density at radius 1 is 1.14 bits per heavy atom. The number of hydrogen-bond donors (Lipinski definition) is 1. The van der Waals surface area contributed by atoms with E-state index in [1.807, 2.05) is 20.8 Å². The minimum Gasteiger partial charge on any atom is -0.482 e. The van der Waals surface area contributed by atoms with Gasteiger partial charge in [0, 0.05) is 17.6 Å². The highest BCUT2D eigenvalue weighted by Crippen LogP contribution is 2.23. The van der Waals surface area contributed by atoms with Gasteiger partial charge in [-0.2, -0.15) is 0 Å². The van der Waals surface area contributed by atoms with Crippen molar-refractivity contribution in [1.82, 2.24) is 10.2 Å². The smallest absolute Gasteiger partial charge is 0.261 e. The fraction of sp³-hybridized carbons (Fsp3) is 0.364. The molecule has 0 aliphatic heterocycles. The third-order valence-corrected chi connectivity index (χ3v) is 4.46. The Kier molecular flexibility index (Phi) is 7.62. The molecule has 0 aliphatic rings. The van der Waals surface area contributed by atoms with Gasteiger partial charge in [-0.3, -0.25) is 9.59 Å². The van der Waals surface area contributed by atoms with Crippen LogP contribution in [0.15, 0.2) is 48.5 Å². The minimum atomic E-state index is -0.823. The number of amides is 2. The van der Waals surface area contributed by atoms with Crippen LogP contribution in [0.25, 0.3) is 0 Å². The summed E-state index contributed by atoms with van der Waals surface area (Å²) in [6, 6.07) is 12.1. The summed E-state index contributed by atoms with van der Waals surface area (Å²) < 4.78 is 19.7. The molecule has 1 N–H and O–H groups in total. The molecule has 0 aliphatic carbocycles. The van der Waals surface area contributed by atoms with Crippen LogP contribution in [0.2, 0.25) is 5.02 Å². The Morgan fingerprint density at radius 2 is 1.76 bits per heavy atom. The van der Waals surface area contributed by atoms with Gasteiger partial charge in [-0.15, -0.1) is 0 Å². The van der Waals surface area contributed by atoms with Gasteiger partial charge in [0.1, 0.15) is 17.6 Å². The van der Waals surface area contributed by atoms with E-state index in [2.05, 4.69) is 5.32 Å². The van der Waals surface area contributed by atoms with Crippen molar-refractivity contribution in [3.8, 4) is 5.75 Å². The minimum absolute atomic E-state index is 0.0594. The van der Waals surface area contributed by atoms with Crippen molar-refractivity contribution < 1.29 is 18.7 Å². The van der Waals surface area contributed by atoms with E-state index in [9.17, 15) is 14.0 Å². The molecule has 0 fully saturated rings. The van der Waals surface area contributed by atoms with E-state index < -0.39 is 23.3 Å². The van der Waals surface area contributed by atoms with Gasteiger partial charge < -0.3 is 15.0 Å². The highest BCUT2D eigenvalue weighted by molar-refractivity contribution is 6.32. The molecule has 1 atom stereocenters. The molecule has 0 unspecified atom stereocenters. The second-order valence-corrected chi connectivity index (χ2v) is 8.15. The Hall–Kier alpha value is -2.60. The number of para-hydroxylation sites is 1. The Morgan fingerprint density at radius 3 is 2.38 bits per heavy atom. The fourth-order valence-electron chi connectivity index (χ4n) is 2.65. The zero-order valence-electron chi connectivity index (χ0n) is 17.0. The first-order chi connectivity index (χ1) is 13.6. The molecule has 2 rings (SSSR count). The van der Waals surface area contributed by atoms with Crippen LogP contribution in [0.1, 0.15) is 33.3 Å². The Bertz CT molecular complexity index is 867. The van der Waals surface area contributed by atoms with Crippen LogP contribution in [0.4, 0.5) is 4.39 Å². The van der Waals surface area contributed by atoms with Crippen LogP contribution in [0, 0.1) is 5.82 Å². The van der Waals surface area contributed by atoms with Gasteiger partial charge in [0.2, 0.25) is 5.91 Å². The van der Waals surface area contributed by atoms with Crippen LogP contribution >= 0.6 is 11.6 Å². The summed E-state index contributed by atoms with van der Waals surface area (Å²) in [5, 5.41) is 3.22. The lowest BCUT2D eigenvalue weighted by atomic mass is 10.1. The molecule has 5 nitrogen and oxygen atoms in total. The number of benzene rings is 2. The molecule has 0 heterocycles. The average Bonchev–Trinajstić information content (AvgIpc) is 2.64. The molecule has 2 amide bonds. The van der Waals surface area contributed by atoms with Crippen LogP contribution in [-0.4, -0.2) is 34.9 Å². The third kappa shape index (κ3) is 6.75. The number of nitrogens with one attached hydrogen (secondary N) is 1. The average molecular weight is 421 g/mol.